The van der Waals surface area contributed by atoms with Gasteiger partial charge in [0.05, 0.1) is 18.5 Å². The molecular formula is C18H25N3OS+2. The molecule has 0 amide bonds. The molecule has 5 heteroatoms. The Morgan fingerprint density at radius 2 is 1.96 bits per heavy atom. The van der Waals surface area contributed by atoms with E-state index < -0.39 is 0 Å². The van der Waals surface area contributed by atoms with Crippen molar-refractivity contribution in [2.24, 2.45) is 4.99 Å². The lowest BCUT2D eigenvalue weighted by molar-refractivity contribution is -1.02. The predicted molar refractivity (Wildman–Crippen MR) is 94.9 cm³/mol. The molecule has 1 fully saturated rings. The van der Waals surface area contributed by atoms with Gasteiger partial charge >= 0.3 is 0 Å². The number of piperazine rings is 1. The van der Waals surface area contributed by atoms with Crippen LogP contribution in [0, 0.1) is 0 Å². The summed E-state index contributed by atoms with van der Waals surface area (Å²) in [6.07, 6.45) is 1.80. The number of rotatable bonds is 5. The largest absolute Gasteiger partial charge is 0.507 e. The summed E-state index contributed by atoms with van der Waals surface area (Å²) >= 11 is 1.82. The topological polar surface area (TPSA) is 41.5 Å². The third-order valence-electron chi connectivity index (χ3n) is 4.58. The van der Waals surface area contributed by atoms with Gasteiger partial charge in [-0.1, -0.05) is 18.2 Å². The quantitative estimate of drug-likeness (QED) is 0.665. The number of hydrogen-bond acceptors (Lipinski definition) is 3. The fourth-order valence-corrected chi connectivity index (χ4v) is 3.99. The minimum atomic E-state index is 0.291. The predicted octanol–water partition coefficient (Wildman–Crippen LogP) is 0.0271. The molecule has 1 aliphatic rings. The van der Waals surface area contributed by atoms with Gasteiger partial charge in [-0.15, -0.1) is 11.3 Å². The van der Waals surface area contributed by atoms with Crippen molar-refractivity contribution in [2.45, 2.75) is 6.04 Å². The first-order valence-electron chi connectivity index (χ1n) is 8.21. The van der Waals surface area contributed by atoms with Crippen molar-refractivity contribution in [3.8, 4) is 5.75 Å². The number of phenols is 1. The molecule has 4 nitrogen and oxygen atoms in total. The van der Waals surface area contributed by atoms with Crippen molar-refractivity contribution in [3.63, 3.8) is 0 Å². The van der Waals surface area contributed by atoms with E-state index in [1.54, 1.807) is 22.1 Å². The van der Waals surface area contributed by atoms with Crippen LogP contribution in [-0.2, 0) is 0 Å². The zero-order valence-corrected chi connectivity index (χ0v) is 14.4. The van der Waals surface area contributed by atoms with Gasteiger partial charge in [0.25, 0.3) is 0 Å². The highest BCUT2D eigenvalue weighted by atomic mass is 32.1. The van der Waals surface area contributed by atoms with Crippen LogP contribution in [0.5, 0.6) is 5.75 Å². The normalized spacial score (nSPS) is 23.2. The standard InChI is InChI=1S/C18H23N3OS/c1-20-8-10-21(11-9-20)16(18-7-4-12-23-18)14-19-13-15-5-2-3-6-17(15)22/h2-7,12-13,16,22H,8-11,14H2,1H3/p+2/t16-/m0/s1. The molecule has 1 aromatic heterocycles. The summed E-state index contributed by atoms with van der Waals surface area (Å²) in [5, 5.41) is 12.0. The van der Waals surface area contributed by atoms with E-state index in [1.165, 1.54) is 31.1 Å². The van der Waals surface area contributed by atoms with Crippen molar-refractivity contribution in [3.05, 3.63) is 52.2 Å². The number of hydrogen-bond donors (Lipinski definition) is 3. The molecule has 3 rings (SSSR count). The van der Waals surface area contributed by atoms with Crippen molar-refractivity contribution < 1.29 is 14.9 Å². The van der Waals surface area contributed by atoms with E-state index in [9.17, 15) is 5.11 Å². The lowest BCUT2D eigenvalue weighted by Gasteiger charge is -2.32. The average molecular weight is 331 g/mol. The Morgan fingerprint density at radius 3 is 2.65 bits per heavy atom. The summed E-state index contributed by atoms with van der Waals surface area (Å²) in [4.78, 5) is 9.31. The van der Waals surface area contributed by atoms with Crippen LogP contribution in [0.3, 0.4) is 0 Å². The van der Waals surface area contributed by atoms with Crippen molar-refractivity contribution in [2.75, 3.05) is 39.8 Å². The number of nitrogens with zero attached hydrogens (tertiary/aromatic N) is 1. The monoisotopic (exact) mass is 331 g/mol. The number of aromatic hydroxyl groups is 1. The van der Waals surface area contributed by atoms with Crippen LogP contribution in [0.2, 0.25) is 0 Å². The fraction of sp³-hybridized carbons (Fsp3) is 0.389. The molecule has 0 unspecified atom stereocenters. The first kappa shape index (κ1) is 16.2. The van der Waals surface area contributed by atoms with E-state index in [2.05, 4.69) is 29.6 Å². The van der Waals surface area contributed by atoms with E-state index in [1.807, 2.05) is 29.5 Å². The zero-order chi connectivity index (χ0) is 16.1. The SMILES string of the molecule is C[NH+]1CC[NH+]([C@@H](CN=Cc2ccccc2O)c2cccs2)CC1. The summed E-state index contributed by atoms with van der Waals surface area (Å²) in [7, 11) is 2.27. The number of aliphatic imine (C=N–C) groups is 1. The van der Waals surface area contributed by atoms with Crippen LogP contribution in [0.25, 0.3) is 0 Å². The number of benzene rings is 1. The molecule has 0 aliphatic carbocycles. The van der Waals surface area contributed by atoms with Crippen molar-refractivity contribution in [1.29, 1.82) is 0 Å². The summed E-state index contributed by atoms with van der Waals surface area (Å²) < 4.78 is 0. The molecule has 0 spiro atoms. The van der Waals surface area contributed by atoms with Crippen molar-refractivity contribution >= 4 is 17.6 Å². The molecule has 1 aromatic carbocycles. The third kappa shape index (κ3) is 4.19. The van der Waals surface area contributed by atoms with Gasteiger partial charge in [0.1, 0.15) is 38.0 Å². The number of para-hydroxylation sites is 1. The highest BCUT2D eigenvalue weighted by Crippen LogP contribution is 2.18. The molecule has 3 N–H and O–H groups in total. The summed E-state index contributed by atoms with van der Waals surface area (Å²) in [6.45, 7) is 5.60. The molecule has 1 aliphatic heterocycles. The van der Waals surface area contributed by atoms with E-state index >= 15 is 0 Å². The molecule has 1 atom stereocenters. The first-order valence-corrected chi connectivity index (χ1v) is 9.09. The lowest BCUT2D eigenvalue weighted by Crippen LogP contribution is -3.27. The highest BCUT2D eigenvalue weighted by molar-refractivity contribution is 7.10. The van der Waals surface area contributed by atoms with Gasteiger partial charge in [0.2, 0.25) is 0 Å². The van der Waals surface area contributed by atoms with E-state index in [0.29, 0.717) is 11.8 Å². The fourth-order valence-electron chi connectivity index (χ4n) is 3.11. The summed E-state index contributed by atoms with van der Waals surface area (Å²) in [5.74, 6) is 0.291. The maximum Gasteiger partial charge on any atom is 0.142 e. The van der Waals surface area contributed by atoms with Gasteiger partial charge in [-0.05, 0) is 23.6 Å². The maximum atomic E-state index is 9.84. The van der Waals surface area contributed by atoms with Crippen molar-refractivity contribution in [1.82, 2.24) is 0 Å². The number of quaternary nitrogens is 2. The number of nitrogens with one attached hydrogen (secondary N) is 2. The Bertz CT molecular complexity index is 633. The third-order valence-corrected chi connectivity index (χ3v) is 5.57. The Morgan fingerprint density at radius 1 is 1.17 bits per heavy atom. The average Bonchev–Trinajstić information content (AvgIpc) is 3.08. The second kappa shape index (κ2) is 7.73. The van der Waals surface area contributed by atoms with Gasteiger partial charge in [-0.2, -0.15) is 0 Å². The molecule has 1 saturated heterocycles. The Labute approximate surface area is 141 Å². The number of thiophene rings is 1. The zero-order valence-electron chi connectivity index (χ0n) is 13.5. The maximum absolute atomic E-state index is 9.84. The van der Waals surface area contributed by atoms with Crippen LogP contribution >= 0.6 is 11.3 Å². The summed E-state index contributed by atoms with van der Waals surface area (Å²) in [6, 6.07) is 12.1. The Kier molecular flexibility index (Phi) is 5.43. The van der Waals surface area contributed by atoms with E-state index in [0.717, 1.165) is 12.1 Å². The molecule has 0 saturated carbocycles. The molecule has 23 heavy (non-hydrogen) atoms. The highest BCUT2D eigenvalue weighted by Gasteiger charge is 2.29. The molecule has 2 aromatic rings. The van der Waals surface area contributed by atoms with Crippen LogP contribution in [0.4, 0.5) is 0 Å². The number of likely N-dealkylation sites (N-methyl/N-ethyl adjacent to an activating group) is 1. The minimum Gasteiger partial charge on any atom is -0.507 e. The van der Waals surface area contributed by atoms with Crippen LogP contribution in [0.1, 0.15) is 16.5 Å². The molecule has 0 radical (unpaired) electrons. The van der Waals surface area contributed by atoms with Gasteiger partial charge in [-0.3, -0.25) is 4.99 Å². The van der Waals surface area contributed by atoms with Crippen LogP contribution in [-0.4, -0.2) is 51.1 Å². The van der Waals surface area contributed by atoms with E-state index in [-0.39, 0.29) is 0 Å². The molecule has 2 heterocycles. The smallest absolute Gasteiger partial charge is 0.142 e. The lowest BCUT2D eigenvalue weighted by atomic mass is 10.1. The number of phenolic OH excluding ortho intramolecular Hbond substituents is 1. The van der Waals surface area contributed by atoms with Gasteiger partial charge in [0, 0.05) is 11.8 Å². The Hall–Kier alpha value is -1.69. The first-order chi connectivity index (χ1) is 11.2. The molecule has 122 valence electrons. The molecule has 0 bridgehead atoms. The second-order valence-electron chi connectivity index (χ2n) is 6.24. The van der Waals surface area contributed by atoms with Crippen LogP contribution < -0.4 is 9.80 Å². The van der Waals surface area contributed by atoms with Crippen LogP contribution in [0.15, 0.2) is 46.8 Å². The Balaban J connectivity index is 1.71. The summed E-state index contributed by atoms with van der Waals surface area (Å²) in [5.41, 5.74) is 0.787. The van der Waals surface area contributed by atoms with E-state index in [4.69, 9.17) is 0 Å². The minimum absolute atomic E-state index is 0.291. The van der Waals surface area contributed by atoms with Gasteiger partial charge in [-0.25, -0.2) is 0 Å². The van der Waals surface area contributed by atoms with Gasteiger partial charge < -0.3 is 14.9 Å². The van der Waals surface area contributed by atoms with Gasteiger partial charge in [0.15, 0.2) is 0 Å². The second-order valence-corrected chi connectivity index (χ2v) is 7.22. The molecular weight excluding hydrogens is 306 g/mol.